The predicted molar refractivity (Wildman–Crippen MR) is 123 cm³/mol. The highest BCUT2D eigenvalue weighted by Gasteiger charge is 2.42. The van der Waals surface area contributed by atoms with Gasteiger partial charge in [-0.3, -0.25) is 0 Å². The molecule has 32 heavy (non-hydrogen) atoms. The molecule has 0 aliphatic carbocycles. The summed E-state index contributed by atoms with van der Waals surface area (Å²) < 4.78 is 23.0. The summed E-state index contributed by atoms with van der Waals surface area (Å²) in [6.07, 6.45) is 0.251. The first-order valence-electron chi connectivity index (χ1n) is 10.3. The standard InChI is InChI=1S/C25H23ClN2O4/c1-29-17-10-7-15(8-11-17)20-14-21-19-13-16(26)9-12-22(19)32-25(28(21)27-20)18-5-4-6-23(30-2)24(18)31-3/h4-13,21,25H,14H2,1-3H3/t21-,25-/m0/s1. The second-order valence-electron chi connectivity index (χ2n) is 7.61. The predicted octanol–water partition coefficient (Wildman–Crippen LogP) is 5.61. The van der Waals surface area contributed by atoms with Crippen LogP contribution in [-0.4, -0.2) is 32.0 Å². The summed E-state index contributed by atoms with van der Waals surface area (Å²) in [5.41, 5.74) is 3.88. The van der Waals surface area contributed by atoms with Crippen molar-refractivity contribution >= 4 is 17.3 Å². The highest BCUT2D eigenvalue weighted by atomic mass is 35.5. The molecule has 3 aromatic carbocycles. The van der Waals surface area contributed by atoms with Gasteiger partial charge in [-0.1, -0.05) is 17.7 Å². The van der Waals surface area contributed by atoms with Crippen LogP contribution in [0.25, 0.3) is 0 Å². The molecule has 2 aliphatic heterocycles. The fourth-order valence-electron chi connectivity index (χ4n) is 4.33. The summed E-state index contributed by atoms with van der Waals surface area (Å²) in [4.78, 5) is 0. The number of hydrazone groups is 1. The summed E-state index contributed by atoms with van der Waals surface area (Å²) in [6.45, 7) is 0. The van der Waals surface area contributed by atoms with Crippen LogP contribution in [-0.2, 0) is 0 Å². The highest BCUT2D eigenvalue weighted by molar-refractivity contribution is 6.30. The van der Waals surface area contributed by atoms with Crippen LogP contribution in [0.1, 0.15) is 35.4 Å². The molecule has 7 heteroatoms. The Balaban J connectivity index is 1.62. The van der Waals surface area contributed by atoms with E-state index in [1.165, 1.54) is 0 Å². The third-order valence-corrected chi connectivity index (χ3v) is 6.11. The minimum Gasteiger partial charge on any atom is -0.497 e. The molecular formula is C25H23ClN2O4. The number of para-hydroxylation sites is 1. The van der Waals surface area contributed by atoms with Gasteiger partial charge in [0.05, 0.1) is 38.6 Å². The third-order valence-electron chi connectivity index (χ3n) is 5.87. The fraction of sp³-hybridized carbons (Fsp3) is 0.240. The number of nitrogens with zero attached hydrogens (tertiary/aromatic N) is 2. The quantitative estimate of drug-likeness (QED) is 0.505. The van der Waals surface area contributed by atoms with Crippen molar-refractivity contribution in [3.8, 4) is 23.0 Å². The van der Waals surface area contributed by atoms with Crippen LogP contribution >= 0.6 is 11.6 Å². The zero-order chi connectivity index (χ0) is 22.2. The van der Waals surface area contributed by atoms with Crippen LogP contribution in [0.15, 0.2) is 65.8 Å². The summed E-state index contributed by atoms with van der Waals surface area (Å²) >= 11 is 6.33. The highest BCUT2D eigenvalue weighted by Crippen LogP contribution is 2.50. The molecule has 0 saturated heterocycles. The van der Waals surface area contributed by atoms with Crippen molar-refractivity contribution in [2.75, 3.05) is 21.3 Å². The number of halogens is 1. The van der Waals surface area contributed by atoms with Gasteiger partial charge in [0.1, 0.15) is 11.5 Å². The number of methoxy groups -OCH3 is 3. The first-order chi connectivity index (χ1) is 15.6. The zero-order valence-corrected chi connectivity index (χ0v) is 18.8. The third kappa shape index (κ3) is 3.41. The van der Waals surface area contributed by atoms with Gasteiger partial charge in [0.25, 0.3) is 0 Å². The molecule has 0 unspecified atom stereocenters. The van der Waals surface area contributed by atoms with Crippen LogP contribution < -0.4 is 18.9 Å². The molecule has 164 valence electrons. The molecular weight excluding hydrogens is 428 g/mol. The second-order valence-corrected chi connectivity index (χ2v) is 8.05. The van der Waals surface area contributed by atoms with Crippen molar-refractivity contribution in [2.24, 2.45) is 5.10 Å². The maximum absolute atomic E-state index is 6.45. The van der Waals surface area contributed by atoms with Gasteiger partial charge in [0.2, 0.25) is 6.23 Å². The van der Waals surface area contributed by atoms with E-state index in [-0.39, 0.29) is 6.04 Å². The van der Waals surface area contributed by atoms with Crippen LogP contribution in [0.2, 0.25) is 5.02 Å². The lowest BCUT2D eigenvalue weighted by Gasteiger charge is -2.38. The maximum Gasteiger partial charge on any atom is 0.217 e. The van der Waals surface area contributed by atoms with E-state index >= 15 is 0 Å². The van der Waals surface area contributed by atoms with E-state index < -0.39 is 6.23 Å². The first kappa shape index (κ1) is 20.5. The molecule has 6 nitrogen and oxygen atoms in total. The summed E-state index contributed by atoms with van der Waals surface area (Å²) in [6, 6.07) is 19.4. The van der Waals surface area contributed by atoms with E-state index in [2.05, 4.69) is 0 Å². The van der Waals surface area contributed by atoms with Gasteiger partial charge in [-0.2, -0.15) is 5.10 Å². The lowest BCUT2D eigenvalue weighted by molar-refractivity contribution is -0.0205. The van der Waals surface area contributed by atoms with Crippen molar-refractivity contribution in [3.63, 3.8) is 0 Å². The van der Waals surface area contributed by atoms with Gasteiger partial charge in [-0.15, -0.1) is 0 Å². The molecule has 2 heterocycles. The van der Waals surface area contributed by atoms with E-state index in [1.54, 1.807) is 21.3 Å². The molecule has 0 spiro atoms. The lowest BCUT2D eigenvalue weighted by atomic mass is 9.95. The van der Waals surface area contributed by atoms with Gasteiger partial charge >= 0.3 is 0 Å². The molecule has 0 radical (unpaired) electrons. The molecule has 0 amide bonds. The molecule has 0 bridgehead atoms. The Kier molecular flexibility index (Phi) is 5.31. The van der Waals surface area contributed by atoms with E-state index in [1.807, 2.05) is 65.7 Å². The Morgan fingerprint density at radius 1 is 0.938 bits per heavy atom. The Morgan fingerprint density at radius 3 is 2.47 bits per heavy atom. The van der Waals surface area contributed by atoms with Crippen LogP contribution in [0.5, 0.6) is 23.0 Å². The normalized spacial score (nSPS) is 18.9. The maximum atomic E-state index is 6.45. The molecule has 2 atom stereocenters. The number of hydrogen-bond donors (Lipinski definition) is 0. The molecule has 3 aromatic rings. The van der Waals surface area contributed by atoms with Crippen molar-refractivity contribution < 1.29 is 18.9 Å². The topological polar surface area (TPSA) is 52.5 Å². The van der Waals surface area contributed by atoms with Gasteiger partial charge in [-0.05, 0) is 60.2 Å². The average molecular weight is 451 g/mol. The van der Waals surface area contributed by atoms with Crippen molar-refractivity contribution in [2.45, 2.75) is 18.7 Å². The second kappa shape index (κ2) is 8.28. The first-order valence-corrected chi connectivity index (χ1v) is 10.7. The van der Waals surface area contributed by atoms with Crippen LogP contribution in [0.4, 0.5) is 0 Å². The largest absolute Gasteiger partial charge is 0.497 e. The van der Waals surface area contributed by atoms with E-state index in [0.717, 1.165) is 40.3 Å². The zero-order valence-electron chi connectivity index (χ0n) is 18.0. The number of hydrogen-bond acceptors (Lipinski definition) is 6. The minimum absolute atomic E-state index is 0.0181. The molecule has 0 saturated carbocycles. The molecule has 0 aromatic heterocycles. The SMILES string of the molecule is COc1ccc(C2=NN3[C@@H](C2)c2cc(Cl)ccc2O[C@H]3c2cccc(OC)c2OC)cc1. The molecule has 2 aliphatic rings. The smallest absolute Gasteiger partial charge is 0.217 e. The van der Waals surface area contributed by atoms with E-state index in [9.17, 15) is 0 Å². The van der Waals surface area contributed by atoms with E-state index in [0.29, 0.717) is 16.5 Å². The number of rotatable bonds is 5. The Bertz CT molecular complexity index is 1180. The fourth-order valence-corrected chi connectivity index (χ4v) is 4.51. The van der Waals surface area contributed by atoms with Crippen LogP contribution in [0.3, 0.4) is 0 Å². The number of fused-ring (bicyclic) bond motifs is 3. The number of benzene rings is 3. The van der Waals surface area contributed by atoms with Crippen molar-refractivity contribution in [3.05, 3.63) is 82.4 Å². The van der Waals surface area contributed by atoms with Crippen LogP contribution in [0, 0.1) is 0 Å². The van der Waals surface area contributed by atoms with E-state index in [4.69, 9.17) is 35.6 Å². The summed E-state index contributed by atoms with van der Waals surface area (Å²) in [5, 5.41) is 7.66. The average Bonchev–Trinajstić information content (AvgIpc) is 3.29. The molecule has 0 fully saturated rings. The Hall–Kier alpha value is -3.38. The summed E-state index contributed by atoms with van der Waals surface area (Å²) in [5.74, 6) is 2.87. The minimum atomic E-state index is -0.477. The monoisotopic (exact) mass is 450 g/mol. The van der Waals surface area contributed by atoms with Crippen molar-refractivity contribution in [1.29, 1.82) is 0 Å². The van der Waals surface area contributed by atoms with Gasteiger partial charge in [-0.25, -0.2) is 5.01 Å². The Morgan fingerprint density at radius 2 is 1.75 bits per heavy atom. The number of ether oxygens (including phenoxy) is 4. The Labute approximate surface area is 191 Å². The van der Waals surface area contributed by atoms with Gasteiger partial charge < -0.3 is 18.9 Å². The molecule has 5 rings (SSSR count). The summed E-state index contributed by atoms with van der Waals surface area (Å²) in [7, 11) is 4.91. The van der Waals surface area contributed by atoms with Gasteiger partial charge in [0.15, 0.2) is 11.5 Å². The lowest BCUT2D eigenvalue weighted by Crippen LogP contribution is -2.34. The van der Waals surface area contributed by atoms with Gasteiger partial charge in [0, 0.05) is 17.0 Å². The molecule has 0 N–H and O–H groups in total. The van der Waals surface area contributed by atoms with Crippen molar-refractivity contribution in [1.82, 2.24) is 5.01 Å².